The van der Waals surface area contributed by atoms with E-state index in [-0.39, 0.29) is 5.56 Å². The number of aromatic nitrogens is 2. The van der Waals surface area contributed by atoms with E-state index in [9.17, 15) is 4.79 Å². The van der Waals surface area contributed by atoms with Crippen LogP contribution in [0.25, 0.3) is 11.3 Å². The lowest BCUT2D eigenvalue weighted by Crippen LogP contribution is -2.21. The first-order valence-corrected chi connectivity index (χ1v) is 5.26. The van der Waals surface area contributed by atoms with Gasteiger partial charge in [-0.1, -0.05) is 23.7 Å². The van der Waals surface area contributed by atoms with Gasteiger partial charge in [0.1, 0.15) is 0 Å². The summed E-state index contributed by atoms with van der Waals surface area (Å²) in [5.74, 6) is 0. The fourth-order valence-electron chi connectivity index (χ4n) is 1.52. The topological polar surface area (TPSA) is 34.9 Å². The molecule has 1 aromatic heterocycles. The molecule has 0 saturated heterocycles. The fourth-order valence-corrected chi connectivity index (χ4v) is 1.65. The van der Waals surface area contributed by atoms with Gasteiger partial charge in [0.05, 0.1) is 5.69 Å². The first kappa shape index (κ1) is 10.9. The van der Waals surface area contributed by atoms with Crippen LogP contribution >= 0.6 is 11.6 Å². The van der Waals surface area contributed by atoms with E-state index in [0.717, 1.165) is 11.3 Å². The Morgan fingerprint density at radius 2 is 1.88 bits per heavy atom. The molecule has 0 aliphatic rings. The molecule has 0 spiro atoms. The van der Waals surface area contributed by atoms with E-state index in [1.165, 1.54) is 4.68 Å². The maximum Gasteiger partial charge on any atom is 0.269 e. The van der Waals surface area contributed by atoms with E-state index in [1.807, 2.05) is 12.1 Å². The number of benzene rings is 1. The quantitative estimate of drug-likeness (QED) is 0.760. The van der Waals surface area contributed by atoms with Gasteiger partial charge in [-0.05, 0) is 25.1 Å². The normalized spacial score (nSPS) is 10.4. The van der Waals surface area contributed by atoms with Gasteiger partial charge in [0, 0.05) is 23.2 Å². The summed E-state index contributed by atoms with van der Waals surface area (Å²) < 4.78 is 1.35. The standard InChI is InChI=1S/C12H11ClN2O/c1-8-7-11(14-15(2)12(8)16)9-3-5-10(13)6-4-9/h3-7H,1-2H3. The number of aryl methyl sites for hydroxylation is 2. The average molecular weight is 235 g/mol. The summed E-state index contributed by atoms with van der Waals surface area (Å²) in [5.41, 5.74) is 2.33. The molecule has 2 aromatic rings. The van der Waals surface area contributed by atoms with Crippen LogP contribution < -0.4 is 5.56 Å². The Labute approximate surface area is 98.3 Å². The molecule has 0 saturated carbocycles. The molecule has 16 heavy (non-hydrogen) atoms. The summed E-state index contributed by atoms with van der Waals surface area (Å²) in [4.78, 5) is 11.5. The van der Waals surface area contributed by atoms with Crippen LogP contribution in [0.1, 0.15) is 5.56 Å². The third kappa shape index (κ3) is 1.99. The number of nitrogens with zero attached hydrogens (tertiary/aromatic N) is 2. The summed E-state index contributed by atoms with van der Waals surface area (Å²) in [5, 5.41) is 4.88. The zero-order valence-corrected chi connectivity index (χ0v) is 9.82. The van der Waals surface area contributed by atoms with E-state index in [1.54, 1.807) is 32.2 Å². The van der Waals surface area contributed by atoms with Crippen molar-refractivity contribution in [2.45, 2.75) is 6.92 Å². The Bertz CT molecular complexity index is 546. The van der Waals surface area contributed by atoms with Crippen molar-refractivity contribution in [3.8, 4) is 11.3 Å². The zero-order valence-electron chi connectivity index (χ0n) is 9.07. The molecule has 0 radical (unpaired) electrons. The summed E-state index contributed by atoms with van der Waals surface area (Å²) >= 11 is 5.81. The Kier molecular flexibility index (Phi) is 2.79. The predicted molar refractivity (Wildman–Crippen MR) is 64.7 cm³/mol. The molecule has 0 aliphatic heterocycles. The maximum absolute atomic E-state index is 11.5. The second-order valence-electron chi connectivity index (χ2n) is 3.65. The van der Waals surface area contributed by atoms with Crippen molar-refractivity contribution >= 4 is 11.6 Å². The zero-order chi connectivity index (χ0) is 11.7. The smallest absolute Gasteiger partial charge is 0.268 e. The lowest BCUT2D eigenvalue weighted by molar-refractivity contribution is 0.705. The van der Waals surface area contributed by atoms with E-state index >= 15 is 0 Å². The molecular formula is C12H11ClN2O. The van der Waals surface area contributed by atoms with Gasteiger partial charge < -0.3 is 0 Å². The highest BCUT2D eigenvalue weighted by Gasteiger charge is 2.04. The number of halogens is 1. The largest absolute Gasteiger partial charge is 0.269 e. The third-order valence-electron chi connectivity index (χ3n) is 2.38. The molecule has 0 fully saturated rings. The molecule has 1 aromatic carbocycles. The van der Waals surface area contributed by atoms with Gasteiger partial charge in [0.15, 0.2) is 0 Å². The van der Waals surface area contributed by atoms with E-state index in [4.69, 9.17) is 11.6 Å². The molecule has 1 heterocycles. The van der Waals surface area contributed by atoms with Crippen molar-refractivity contribution in [1.82, 2.24) is 9.78 Å². The van der Waals surface area contributed by atoms with E-state index in [2.05, 4.69) is 5.10 Å². The van der Waals surface area contributed by atoms with E-state index in [0.29, 0.717) is 10.6 Å². The number of rotatable bonds is 1. The minimum absolute atomic E-state index is 0.0716. The highest BCUT2D eigenvalue weighted by atomic mass is 35.5. The molecule has 0 N–H and O–H groups in total. The van der Waals surface area contributed by atoms with Crippen LogP contribution in [-0.4, -0.2) is 9.78 Å². The van der Waals surface area contributed by atoms with Gasteiger partial charge in [0.2, 0.25) is 0 Å². The summed E-state index contributed by atoms with van der Waals surface area (Å²) in [6, 6.07) is 9.16. The van der Waals surface area contributed by atoms with Gasteiger partial charge in [0.25, 0.3) is 5.56 Å². The summed E-state index contributed by atoms with van der Waals surface area (Å²) in [6.45, 7) is 1.78. The van der Waals surface area contributed by atoms with Crippen molar-refractivity contribution in [1.29, 1.82) is 0 Å². The molecule has 3 nitrogen and oxygen atoms in total. The molecule has 0 amide bonds. The lowest BCUT2D eigenvalue weighted by Gasteiger charge is -2.04. The first-order chi connectivity index (χ1) is 7.58. The van der Waals surface area contributed by atoms with Crippen molar-refractivity contribution in [2.75, 3.05) is 0 Å². The number of hydrogen-bond donors (Lipinski definition) is 0. The summed E-state index contributed by atoms with van der Waals surface area (Å²) in [7, 11) is 1.65. The Balaban J connectivity index is 2.57. The van der Waals surface area contributed by atoms with Gasteiger partial charge in [-0.25, -0.2) is 4.68 Å². The van der Waals surface area contributed by atoms with Crippen LogP contribution in [-0.2, 0) is 7.05 Å². The van der Waals surface area contributed by atoms with Gasteiger partial charge >= 0.3 is 0 Å². The minimum Gasteiger partial charge on any atom is -0.268 e. The van der Waals surface area contributed by atoms with Gasteiger partial charge in [-0.3, -0.25) is 4.79 Å². The van der Waals surface area contributed by atoms with Crippen LogP contribution in [0.3, 0.4) is 0 Å². The molecule has 4 heteroatoms. The van der Waals surface area contributed by atoms with Gasteiger partial charge in [-0.15, -0.1) is 0 Å². The molecule has 0 bridgehead atoms. The van der Waals surface area contributed by atoms with Crippen LogP contribution in [0.2, 0.25) is 5.02 Å². The summed E-state index contributed by atoms with van der Waals surface area (Å²) in [6.07, 6.45) is 0. The van der Waals surface area contributed by atoms with Crippen LogP contribution in [0.4, 0.5) is 0 Å². The minimum atomic E-state index is -0.0716. The monoisotopic (exact) mass is 234 g/mol. The second-order valence-corrected chi connectivity index (χ2v) is 4.08. The number of hydrogen-bond acceptors (Lipinski definition) is 2. The Hall–Kier alpha value is -1.61. The molecule has 0 aliphatic carbocycles. The Morgan fingerprint density at radius 1 is 1.25 bits per heavy atom. The van der Waals surface area contributed by atoms with Crippen molar-refractivity contribution in [2.24, 2.45) is 7.05 Å². The fraction of sp³-hybridized carbons (Fsp3) is 0.167. The lowest BCUT2D eigenvalue weighted by atomic mass is 10.1. The molecule has 0 atom stereocenters. The third-order valence-corrected chi connectivity index (χ3v) is 2.63. The van der Waals surface area contributed by atoms with Gasteiger partial charge in [-0.2, -0.15) is 5.10 Å². The SMILES string of the molecule is Cc1cc(-c2ccc(Cl)cc2)nn(C)c1=O. The van der Waals surface area contributed by atoms with Crippen LogP contribution in [0.15, 0.2) is 35.1 Å². The van der Waals surface area contributed by atoms with Crippen molar-refractivity contribution in [3.05, 3.63) is 51.3 Å². The van der Waals surface area contributed by atoms with Crippen LogP contribution in [0, 0.1) is 6.92 Å². The first-order valence-electron chi connectivity index (χ1n) is 4.89. The molecule has 82 valence electrons. The maximum atomic E-state index is 11.5. The molecule has 2 rings (SSSR count). The molecule has 0 unspecified atom stereocenters. The van der Waals surface area contributed by atoms with E-state index < -0.39 is 0 Å². The predicted octanol–water partition coefficient (Wildman–Crippen LogP) is 2.41. The molecular weight excluding hydrogens is 224 g/mol. The second kappa shape index (κ2) is 4.10. The van der Waals surface area contributed by atoms with Crippen LogP contribution in [0.5, 0.6) is 0 Å². The highest BCUT2D eigenvalue weighted by Crippen LogP contribution is 2.18. The van der Waals surface area contributed by atoms with Crippen molar-refractivity contribution < 1.29 is 0 Å². The average Bonchev–Trinajstić information content (AvgIpc) is 2.26. The highest BCUT2D eigenvalue weighted by molar-refractivity contribution is 6.30. The Morgan fingerprint density at radius 3 is 2.44 bits per heavy atom. The van der Waals surface area contributed by atoms with Crippen molar-refractivity contribution in [3.63, 3.8) is 0 Å².